The number of carbonyl (C=O) groups is 1. The van der Waals surface area contributed by atoms with Crippen molar-refractivity contribution < 1.29 is 14.3 Å². The summed E-state index contributed by atoms with van der Waals surface area (Å²) < 4.78 is 10.6. The zero-order valence-corrected chi connectivity index (χ0v) is 16.7. The highest BCUT2D eigenvalue weighted by atomic mass is 16.5. The lowest BCUT2D eigenvalue weighted by molar-refractivity contribution is -0.140. The lowest BCUT2D eigenvalue weighted by Gasteiger charge is -2.15. The summed E-state index contributed by atoms with van der Waals surface area (Å²) >= 11 is 0. The molecule has 0 aliphatic heterocycles. The second-order valence-electron chi connectivity index (χ2n) is 6.43. The molecule has 0 heterocycles. The van der Waals surface area contributed by atoms with Crippen LogP contribution in [0.1, 0.15) is 51.2 Å². The van der Waals surface area contributed by atoms with E-state index in [0.29, 0.717) is 13.0 Å². The van der Waals surface area contributed by atoms with Gasteiger partial charge in [-0.1, -0.05) is 12.1 Å². The molecule has 0 aromatic heterocycles. The van der Waals surface area contributed by atoms with Gasteiger partial charge in [-0.15, -0.1) is 0 Å². The Bertz CT molecular complexity index is 586. The molecule has 0 unspecified atom stereocenters. The third-order valence-electron chi connectivity index (χ3n) is 3.66. The maximum atomic E-state index is 11.1. The van der Waals surface area contributed by atoms with E-state index in [1.807, 2.05) is 20.8 Å². The molecule has 0 aliphatic rings. The molecule has 26 heavy (non-hydrogen) atoms. The Balaban J connectivity index is 2.61. The number of esters is 1. The molecule has 2 N–H and O–H groups in total. The predicted octanol–water partition coefficient (Wildman–Crippen LogP) is 3.18. The highest BCUT2D eigenvalue weighted by molar-refractivity contribution is 5.79. The van der Waals surface area contributed by atoms with Crippen LogP contribution >= 0.6 is 0 Å². The third-order valence-corrected chi connectivity index (χ3v) is 3.66. The zero-order chi connectivity index (χ0) is 19.4. The fraction of sp³-hybridized carbons (Fsp3) is 0.600. The minimum absolute atomic E-state index is 0.126. The smallest absolute Gasteiger partial charge is 0.305 e. The molecule has 0 saturated carbocycles. The van der Waals surface area contributed by atoms with Crippen molar-refractivity contribution in [1.82, 2.24) is 10.6 Å². The van der Waals surface area contributed by atoms with E-state index in [4.69, 9.17) is 4.74 Å². The van der Waals surface area contributed by atoms with Crippen LogP contribution in [0.5, 0.6) is 5.75 Å². The molecule has 0 spiro atoms. The quantitative estimate of drug-likeness (QED) is 0.289. The van der Waals surface area contributed by atoms with E-state index in [0.717, 1.165) is 43.2 Å². The van der Waals surface area contributed by atoms with Crippen molar-refractivity contribution in [2.45, 2.75) is 59.6 Å². The number of methoxy groups -OCH3 is 1. The van der Waals surface area contributed by atoms with Crippen molar-refractivity contribution in [1.29, 1.82) is 0 Å². The Labute approximate surface area is 157 Å². The van der Waals surface area contributed by atoms with Crippen molar-refractivity contribution >= 4 is 11.9 Å². The fourth-order valence-corrected chi connectivity index (χ4v) is 2.37. The molecule has 0 atom stereocenters. The fourth-order valence-electron chi connectivity index (χ4n) is 2.37. The lowest BCUT2D eigenvalue weighted by atomic mass is 10.1. The number of aliphatic imine (C=N–C) groups is 1. The minimum Gasteiger partial charge on any atom is -0.491 e. The van der Waals surface area contributed by atoms with Gasteiger partial charge in [-0.05, 0) is 52.2 Å². The molecule has 0 amide bonds. The monoisotopic (exact) mass is 363 g/mol. The molecule has 146 valence electrons. The summed E-state index contributed by atoms with van der Waals surface area (Å²) in [6.07, 6.45) is 2.25. The van der Waals surface area contributed by atoms with Gasteiger partial charge in [0.05, 0.1) is 19.8 Å². The minimum atomic E-state index is -0.164. The highest BCUT2D eigenvalue weighted by Crippen LogP contribution is 2.22. The molecule has 0 bridgehead atoms. The average Bonchev–Trinajstić information content (AvgIpc) is 2.59. The van der Waals surface area contributed by atoms with Gasteiger partial charge in [-0.25, -0.2) is 4.99 Å². The summed E-state index contributed by atoms with van der Waals surface area (Å²) in [4.78, 5) is 15.8. The number of aryl methyl sites for hydroxylation is 1. The molecule has 0 aliphatic carbocycles. The Hall–Kier alpha value is -2.24. The van der Waals surface area contributed by atoms with Crippen LogP contribution < -0.4 is 15.4 Å². The topological polar surface area (TPSA) is 72.0 Å². The molecule has 0 saturated heterocycles. The molecule has 6 nitrogen and oxygen atoms in total. The maximum Gasteiger partial charge on any atom is 0.305 e. The van der Waals surface area contributed by atoms with E-state index in [-0.39, 0.29) is 12.1 Å². The summed E-state index contributed by atoms with van der Waals surface area (Å²) in [6.45, 7) is 10.2. The van der Waals surface area contributed by atoms with Crippen LogP contribution in [0.15, 0.2) is 23.2 Å². The largest absolute Gasteiger partial charge is 0.491 e. The first-order chi connectivity index (χ1) is 12.5. The van der Waals surface area contributed by atoms with Gasteiger partial charge in [0.2, 0.25) is 0 Å². The number of unbranched alkanes of at least 4 members (excludes halogenated alkanes) is 1. The van der Waals surface area contributed by atoms with Crippen LogP contribution in [0.4, 0.5) is 0 Å². The van der Waals surface area contributed by atoms with Gasteiger partial charge in [0, 0.05) is 25.1 Å². The number of guanidine groups is 1. The SMILES string of the molecule is CCNC(=NCc1ccc(C)cc1OC(C)C)NCCCCC(=O)OC. The van der Waals surface area contributed by atoms with Gasteiger partial charge in [0.1, 0.15) is 5.75 Å². The van der Waals surface area contributed by atoms with Crippen LogP contribution in [-0.4, -0.2) is 38.2 Å². The van der Waals surface area contributed by atoms with E-state index in [2.05, 4.69) is 45.5 Å². The summed E-state index contributed by atoms with van der Waals surface area (Å²) in [7, 11) is 1.42. The molecule has 1 aromatic rings. The highest BCUT2D eigenvalue weighted by Gasteiger charge is 2.07. The zero-order valence-electron chi connectivity index (χ0n) is 16.7. The normalized spacial score (nSPS) is 11.4. The van der Waals surface area contributed by atoms with Crippen LogP contribution in [0.25, 0.3) is 0 Å². The number of rotatable bonds is 10. The van der Waals surface area contributed by atoms with Gasteiger partial charge in [-0.3, -0.25) is 4.79 Å². The predicted molar refractivity (Wildman–Crippen MR) is 106 cm³/mol. The summed E-state index contributed by atoms with van der Waals surface area (Å²) in [5.41, 5.74) is 2.23. The van der Waals surface area contributed by atoms with Gasteiger partial charge in [-0.2, -0.15) is 0 Å². The van der Waals surface area contributed by atoms with Crippen molar-refractivity contribution in [2.24, 2.45) is 4.99 Å². The average molecular weight is 364 g/mol. The van der Waals surface area contributed by atoms with E-state index >= 15 is 0 Å². The molecular weight excluding hydrogens is 330 g/mol. The Morgan fingerprint density at radius 3 is 2.65 bits per heavy atom. The van der Waals surface area contributed by atoms with Crippen molar-refractivity contribution in [2.75, 3.05) is 20.2 Å². The van der Waals surface area contributed by atoms with Crippen LogP contribution in [-0.2, 0) is 16.1 Å². The Kier molecular flexibility index (Phi) is 10.2. The molecule has 1 rings (SSSR count). The van der Waals surface area contributed by atoms with Gasteiger partial charge in [0.15, 0.2) is 5.96 Å². The van der Waals surface area contributed by atoms with Gasteiger partial charge < -0.3 is 20.1 Å². The van der Waals surface area contributed by atoms with Crippen molar-refractivity contribution in [3.63, 3.8) is 0 Å². The lowest BCUT2D eigenvalue weighted by Crippen LogP contribution is -2.37. The molecule has 1 aromatic carbocycles. The summed E-state index contributed by atoms with van der Waals surface area (Å²) in [5.74, 6) is 1.49. The number of hydrogen-bond acceptors (Lipinski definition) is 4. The number of carbonyl (C=O) groups excluding carboxylic acids is 1. The van der Waals surface area contributed by atoms with Gasteiger partial charge in [0.25, 0.3) is 0 Å². The van der Waals surface area contributed by atoms with Crippen molar-refractivity contribution in [3.05, 3.63) is 29.3 Å². The first-order valence-electron chi connectivity index (χ1n) is 9.31. The number of ether oxygens (including phenoxy) is 2. The van der Waals surface area contributed by atoms with Crippen LogP contribution in [0.3, 0.4) is 0 Å². The molecule has 0 fully saturated rings. The Morgan fingerprint density at radius 2 is 2.00 bits per heavy atom. The summed E-state index contributed by atoms with van der Waals surface area (Å²) in [5, 5.41) is 6.54. The van der Waals surface area contributed by atoms with E-state index in [1.54, 1.807) is 0 Å². The van der Waals surface area contributed by atoms with E-state index in [1.165, 1.54) is 12.7 Å². The number of hydrogen-bond donors (Lipinski definition) is 2. The second kappa shape index (κ2) is 12.2. The molecular formula is C20H33N3O3. The standard InChI is InChI=1S/C20H33N3O3/c1-6-21-20(22-12-8-7-9-19(24)25-5)23-14-17-11-10-16(4)13-18(17)26-15(2)3/h10-11,13,15H,6-9,12,14H2,1-5H3,(H2,21,22,23). The molecule has 6 heteroatoms. The van der Waals surface area contributed by atoms with E-state index < -0.39 is 0 Å². The molecule has 0 radical (unpaired) electrons. The van der Waals surface area contributed by atoms with Crippen molar-refractivity contribution in [3.8, 4) is 5.75 Å². The van der Waals surface area contributed by atoms with Crippen LogP contribution in [0, 0.1) is 6.92 Å². The van der Waals surface area contributed by atoms with Crippen LogP contribution in [0.2, 0.25) is 0 Å². The maximum absolute atomic E-state index is 11.1. The first-order valence-corrected chi connectivity index (χ1v) is 9.31. The Morgan fingerprint density at radius 1 is 1.23 bits per heavy atom. The third kappa shape index (κ3) is 8.74. The number of benzene rings is 1. The first kappa shape index (κ1) is 21.8. The second-order valence-corrected chi connectivity index (χ2v) is 6.43. The van der Waals surface area contributed by atoms with E-state index in [9.17, 15) is 4.79 Å². The summed E-state index contributed by atoms with van der Waals surface area (Å²) in [6, 6.07) is 6.19. The number of nitrogens with one attached hydrogen (secondary N) is 2. The number of nitrogens with zero attached hydrogens (tertiary/aromatic N) is 1. The van der Waals surface area contributed by atoms with Gasteiger partial charge >= 0.3 is 5.97 Å².